The lowest BCUT2D eigenvalue weighted by molar-refractivity contribution is -0.122. The molecule has 2 N–H and O–H groups in total. The van der Waals surface area contributed by atoms with Crippen LogP contribution in [-0.4, -0.2) is 25.0 Å². The molecule has 108 valence electrons. The van der Waals surface area contributed by atoms with Crippen LogP contribution in [-0.2, 0) is 4.79 Å². The summed E-state index contributed by atoms with van der Waals surface area (Å²) in [5, 5.41) is 6.32. The predicted molar refractivity (Wildman–Crippen MR) is 78.5 cm³/mol. The van der Waals surface area contributed by atoms with E-state index in [0.29, 0.717) is 17.8 Å². The first-order valence-corrected chi connectivity index (χ1v) is 7.41. The highest BCUT2D eigenvalue weighted by atomic mass is 16.2. The first-order valence-electron chi connectivity index (χ1n) is 7.41. The van der Waals surface area contributed by atoms with Crippen LogP contribution in [0.1, 0.15) is 54.4 Å². The Morgan fingerprint density at radius 3 is 2.06 bits per heavy atom. The van der Waals surface area contributed by atoms with E-state index in [-0.39, 0.29) is 11.9 Å². The van der Waals surface area contributed by atoms with E-state index in [1.165, 1.54) is 0 Å². The highest BCUT2D eigenvalue weighted by Gasteiger charge is 2.19. The van der Waals surface area contributed by atoms with Gasteiger partial charge in [-0.15, -0.1) is 0 Å². The van der Waals surface area contributed by atoms with Crippen molar-refractivity contribution in [3.63, 3.8) is 0 Å². The number of amides is 1. The van der Waals surface area contributed by atoms with Crippen molar-refractivity contribution in [2.45, 2.75) is 60.4 Å². The standard InChI is InChI=1S/C15H32N2O/c1-7-8-9-16-15(18)13(6)17-10-14(11(2)3)12(4)5/h11-14,17H,7-10H2,1-6H3,(H,16,18). The number of carbonyl (C=O) groups is 1. The summed E-state index contributed by atoms with van der Waals surface area (Å²) in [4.78, 5) is 11.8. The molecule has 3 nitrogen and oxygen atoms in total. The van der Waals surface area contributed by atoms with Crippen LogP contribution in [0.15, 0.2) is 0 Å². The van der Waals surface area contributed by atoms with Crippen LogP contribution in [0.4, 0.5) is 0 Å². The van der Waals surface area contributed by atoms with Gasteiger partial charge in [0.2, 0.25) is 5.91 Å². The highest BCUT2D eigenvalue weighted by molar-refractivity contribution is 5.81. The van der Waals surface area contributed by atoms with Crippen molar-refractivity contribution in [1.82, 2.24) is 10.6 Å². The van der Waals surface area contributed by atoms with Crippen LogP contribution >= 0.6 is 0 Å². The van der Waals surface area contributed by atoms with Gasteiger partial charge in [0.25, 0.3) is 0 Å². The molecule has 0 aliphatic rings. The van der Waals surface area contributed by atoms with Crippen molar-refractivity contribution in [2.24, 2.45) is 17.8 Å². The molecule has 0 aliphatic carbocycles. The average Bonchev–Trinajstić information content (AvgIpc) is 2.28. The lowest BCUT2D eigenvalue weighted by Crippen LogP contribution is -2.45. The number of carbonyl (C=O) groups excluding carboxylic acids is 1. The second-order valence-electron chi connectivity index (χ2n) is 5.93. The van der Waals surface area contributed by atoms with Crippen molar-refractivity contribution in [1.29, 1.82) is 0 Å². The molecule has 0 saturated carbocycles. The Balaban J connectivity index is 3.99. The van der Waals surface area contributed by atoms with E-state index >= 15 is 0 Å². The maximum absolute atomic E-state index is 11.8. The zero-order valence-electron chi connectivity index (χ0n) is 13.0. The Morgan fingerprint density at radius 1 is 1.06 bits per heavy atom. The number of hydrogen-bond acceptors (Lipinski definition) is 2. The summed E-state index contributed by atoms with van der Waals surface area (Å²) in [6, 6.07) is -0.0955. The van der Waals surface area contributed by atoms with Crippen LogP contribution in [0.25, 0.3) is 0 Å². The number of nitrogens with one attached hydrogen (secondary N) is 2. The maximum Gasteiger partial charge on any atom is 0.236 e. The summed E-state index contributed by atoms with van der Waals surface area (Å²) in [5.74, 6) is 2.03. The molecule has 0 heterocycles. The topological polar surface area (TPSA) is 41.1 Å². The fourth-order valence-corrected chi connectivity index (χ4v) is 2.19. The van der Waals surface area contributed by atoms with Gasteiger partial charge in [-0.25, -0.2) is 0 Å². The third kappa shape index (κ3) is 7.00. The third-order valence-corrected chi connectivity index (χ3v) is 3.60. The molecule has 0 aromatic rings. The minimum absolute atomic E-state index is 0.0955. The molecule has 0 fully saturated rings. The third-order valence-electron chi connectivity index (χ3n) is 3.60. The molecule has 0 radical (unpaired) electrons. The molecule has 0 saturated heterocycles. The summed E-state index contributed by atoms with van der Waals surface area (Å²) in [7, 11) is 0. The molecule has 18 heavy (non-hydrogen) atoms. The molecule has 1 amide bonds. The van der Waals surface area contributed by atoms with Crippen LogP contribution < -0.4 is 10.6 Å². The number of rotatable bonds is 9. The van der Waals surface area contributed by atoms with E-state index < -0.39 is 0 Å². The van der Waals surface area contributed by atoms with Gasteiger partial charge in [0.15, 0.2) is 0 Å². The Kier molecular flexibility index (Phi) is 9.08. The molecule has 0 rings (SSSR count). The van der Waals surface area contributed by atoms with Gasteiger partial charge in [0.05, 0.1) is 6.04 Å². The van der Waals surface area contributed by atoms with Crippen LogP contribution in [0.5, 0.6) is 0 Å². The second kappa shape index (κ2) is 9.37. The zero-order valence-corrected chi connectivity index (χ0v) is 13.0. The minimum Gasteiger partial charge on any atom is -0.355 e. The first kappa shape index (κ1) is 17.4. The van der Waals surface area contributed by atoms with Crippen molar-refractivity contribution in [3.05, 3.63) is 0 Å². The molecule has 0 aliphatic heterocycles. The predicted octanol–water partition coefficient (Wildman–Crippen LogP) is 2.81. The lowest BCUT2D eigenvalue weighted by Gasteiger charge is -2.26. The summed E-state index contributed by atoms with van der Waals surface area (Å²) >= 11 is 0. The molecule has 1 atom stereocenters. The molecular weight excluding hydrogens is 224 g/mol. The Morgan fingerprint density at radius 2 is 1.61 bits per heavy atom. The Labute approximate surface area is 113 Å². The van der Waals surface area contributed by atoms with Crippen LogP contribution in [0.2, 0.25) is 0 Å². The van der Waals surface area contributed by atoms with E-state index in [0.717, 1.165) is 25.9 Å². The molecule has 0 aromatic heterocycles. The van der Waals surface area contributed by atoms with E-state index in [2.05, 4.69) is 45.3 Å². The molecule has 3 heteroatoms. The monoisotopic (exact) mass is 256 g/mol. The summed E-state index contributed by atoms with van der Waals surface area (Å²) in [5.41, 5.74) is 0. The fraction of sp³-hybridized carbons (Fsp3) is 0.933. The van der Waals surface area contributed by atoms with Gasteiger partial charge in [-0.1, -0.05) is 41.0 Å². The van der Waals surface area contributed by atoms with Gasteiger partial charge in [0.1, 0.15) is 0 Å². The van der Waals surface area contributed by atoms with Gasteiger partial charge >= 0.3 is 0 Å². The van der Waals surface area contributed by atoms with Gasteiger partial charge < -0.3 is 10.6 Å². The van der Waals surface area contributed by atoms with Crippen LogP contribution in [0.3, 0.4) is 0 Å². The molecule has 0 spiro atoms. The number of unbranched alkanes of at least 4 members (excludes halogenated alkanes) is 1. The molecule has 0 aromatic carbocycles. The quantitative estimate of drug-likeness (QED) is 0.623. The minimum atomic E-state index is -0.0955. The van der Waals surface area contributed by atoms with E-state index in [9.17, 15) is 4.79 Å². The lowest BCUT2D eigenvalue weighted by atomic mass is 9.85. The first-order chi connectivity index (χ1) is 8.40. The van der Waals surface area contributed by atoms with Crippen molar-refractivity contribution >= 4 is 5.91 Å². The van der Waals surface area contributed by atoms with Crippen LogP contribution in [0, 0.1) is 17.8 Å². The SMILES string of the molecule is CCCCNC(=O)C(C)NCC(C(C)C)C(C)C. The zero-order chi connectivity index (χ0) is 14.1. The van der Waals surface area contributed by atoms with E-state index in [1.807, 2.05) is 6.92 Å². The smallest absolute Gasteiger partial charge is 0.236 e. The van der Waals surface area contributed by atoms with Crippen molar-refractivity contribution < 1.29 is 4.79 Å². The number of hydrogen-bond donors (Lipinski definition) is 2. The fourth-order valence-electron chi connectivity index (χ4n) is 2.19. The molecular formula is C15H32N2O. The molecule has 1 unspecified atom stereocenters. The average molecular weight is 256 g/mol. The second-order valence-corrected chi connectivity index (χ2v) is 5.93. The van der Waals surface area contributed by atoms with Gasteiger partial charge in [-0.2, -0.15) is 0 Å². The van der Waals surface area contributed by atoms with Gasteiger partial charge in [-0.3, -0.25) is 4.79 Å². The molecule has 0 bridgehead atoms. The van der Waals surface area contributed by atoms with E-state index in [4.69, 9.17) is 0 Å². The Hall–Kier alpha value is -0.570. The summed E-state index contributed by atoms with van der Waals surface area (Å²) in [6.45, 7) is 14.8. The maximum atomic E-state index is 11.8. The summed E-state index contributed by atoms with van der Waals surface area (Å²) < 4.78 is 0. The van der Waals surface area contributed by atoms with E-state index in [1.54, 1.807) is 0 Å². The van der Waals surface area contributed by atoms with Gasteiger partial charge in [-0.05, 0) is 37.6 Å². The van der Waals surface area contributed by atoms with Gasteiger partial charge in [0, 0.05) is 6.54 Å². The summed E-state index contributed by atoms with van der Waals surface area (Å²) in [6.07, 6.45) is 2.17. The normalized spacial score (nSPS) is 13.4. The van der Waals surface area contributed by atoms with Crippen molar-refractivity contribution in [2.75, 3.05) is 13.1 Å². The highest BCUT2D eigenvalue weighted by Crippen LogP contribution is 2.19. The van der Waals surface area contributed by atoms with Crippen molar-refractivity contribution in [3.8, 4) is 0 Å². The Bertz CT molecular complexity index is 219. The largest absolute Gasteiger partial charge is 0.355 e.